The molecule has 8 atom stereocenters. The number of aliphatic hydroxyl groups excluding tert-OH is 4. The Hall–Kier alpha value is -4.08. The van der Waals surface area contributed by atoms with Gasteiger partial charge in [0.1, 0.15) is 43.2 Å². The molecule has 0 radical (unpaired) electrons. The van der Waals surface area contributed by atoms with Crippen molar-refractivity contribution in [2.24, 2.45) is 0 Å². The summed E-state index contributed by atoms with van der Waals surface area (Å²) in [6, 6.07) is 0. The van der Waals surface area contributed by atoms with Gasteiger partial charge in [-0.3, -0.25) is 18.4 Å². The van der Waals surface area contributed by atoms with Crippen LogP contribution in [-0.2, 0) is 41.8 Å². The van der Waals surface area contributed by atoms with Crippen LogP contribution in [0.2, 0.25) is 0 Å². The number of aliphatic hydroxyl groups is 4. The van der Waals surface area contributed by atoms with E-state index >= 15 is 0 Å². The first-order valence-electron chi connectivity index (χ1n) is 18.6. The van der Waals surface area contributed by atoms with Crippen LogP contribution in [0.3, 0.4) is 0 Å². The molecule has 1 fully saturated rings. The van der Waals surface area contributed by atoms with Crippen molar-refractivity contribution in [2.45, 2.75) is 140 Å². The van der Waals surface area contributed by atoms with Gasteiger partial charge in [0.25, 0.3) is 0 Å². The summed E-state index contributed by atoms with van der Waals surface area (Å²) in [5, 5.41) is 41.2. The van der Waals surface area contributed by atoms with Crippen LogP contribution >= 0.6 is 15.6 Å². The fraction of sp³-hybridized carbons (Fsp3) is 0.600. The second-order valence-electron chi connectivity index (χ2n) is 12.7. The van der Waals surface area contributed by atoms with Gasteiger partial charge in [-0.05, 0) is 77.5 Å². The van der Waals surface area contributed by atoms with Crippen LogP contribution < -0.4 is 0 Å². The minimum Gasteiger partial charge on any atom is -0.456 e. The topological polar surface area (TPSA) is 256 Å². The molecular formula is C40H50O16P2. The van der Waals surface area contributed by atoms with Gasteiger partial charge in [0.2, 0.25) is 0 Å². The molecule has 58 heavy (non-hydrogen) atoms. The zero-order valence-electron chi connectivity index (χ0n) is 32.1. The van der Waals surface area contributed by atoms with E-state index in [2.05, 4.69) is 82.5 Å². The maximum absolute atomic E-state index is 12.8. The third-order valence-electron chi connectivity index (χ3n) is 8.03. The second-order valence-corrected chi connectivity index (χ2v) is 15.3. The van der Waals surface area contributed by atoms with Gasteiger partial charge < -0.3 is 44.6 Å². The van der Waals surface area contributed by atoms with Gasteiger partial charge >= 0.3 is 27.6 Å². The number of hydrogen-bond acceptors (Lipinski definition) is 13. The van der Waals surface area contributed by atoms with Crippen LogP contribution in [0, 0.1) is 83.4 Å². The van der Waals surface area contributed by atoms with Crippen LogP contribution in [0.15, 0.2) is 0 Å². The summed E-state index contributed by atoms with van der Waals surface area (Å²) in [5.74, 6) is 27.9. The Labute approximate surface area is 340 Å². The minimum absolute atomic E-state index is 0.0309. The van der Waals surface area contributed by atoms with Crippen LogP contribution in [-0.4, -0.2) is 103 Å². The van der Waals surface area contributed by atoms with Gasteiger partial charge in [0.05, 0.1) is 6.61 Å². The van der Waals surface area contributed by atoms with Crippen LogP contribution in [0.1, 0.15) is 96.8 Å². The summed E-state index contributed by atoms with van der Waals surface area (Å²) in [7, 11) is -10.7. The second kappa shape index (κ2) is 30.0. The fourth-order valence-corrected chi connectivity index (χ4v) is 6.74. The Kier molecular flexibility index (Phi) is 26.9. The van der Waals surface area contributed by atoms with Crippen LogP contribution in [0.4, 0.5) is 0 Å². The maximum atomic E-state index is 12.8. The molecular weight excluding hydrogens is 798 g/mol. The highest BCUT2D eigenvalue weighted by atomic mass is 31.2. The van der Waals surface area contributed by atoms with Crippen molar-refractivity contribution in [1.82, 2.24) is 0 Å². The highest BCUT2D eigenvalue weighted by molar-refractivity contribution is 7.47. The van der Waals surface area contributed by atoms with Crippen molar-refractivity contribution in [3.05, 3.63) is 0 Å². The van der Waals surface area contributed by atoms with Crippen LogP contribution in [0.25, 0.3) is 0 Å². The molecule has 1 aliphatic carbocycles. The fourth-order valence-electron chi connectivity index (χ4n) is 5.20. The molecule has 0 amide bonds. The van der Waals surface area contributed by atoms with Crippen molar-refractivity contribution in [1.29, 1.82) is 0 Å². The number of phosphoric acid groups is 2. The van der Waals surface area contributed by atoms with E-state index in [0.29, 0.717) is 6.42 Å². The standard InChI is InChI=1S/C40H50O16P2/c1-3-5-7-9-11-13-15-17-19-21-23-25-27-29-34(42)54-32(30-52-33(41)28-26-24-22-20-18-16-14-12-10-8-6-4-2)31-53-58(50,51)56-40-37(45)35(43)39(36(44)38(40)46)55-57(47,48)49/h2,32,35-40,43-46H,3,5,7,9,11,13,15,17,19,21,23,25,27,29-31H2,1H3,(H,50,51)(H2,47,48,49)/t32-,35+,36?,37?,38+,39+,40?/m1/s1. The van der Waals surface area contributed by atoms with Gasteiger partial charge in [-0.25, -0.2) is 13.9 Å². The summed E-state index contributed by atoms with van der Waals surface area (Å²) in [6.45, 7) is 0.532. The molecule has 4 unspecified atom stereocenters. The lowest BCUT2D eigenvalue weighted by atomic mass is 9.85. The largest absolute Gasteiger partial charge is 0.472 e. The first-order valence-corrected chi connectivity index (χ1v) is 21.6. The first kappa shape index (κ1) is 51.9. The van der Waals surface area contributed by atoms with Crippen molar-refractivity contribution in [3.8, 4) is 83.4 Å². The van der Waals surface area contributed by atoms with Gasteiger partial charge in [-0.2, -0.15) is 0 Å². The van der Waals surface area contributed by atoms with E-state index in [1.54, 1.807) is 0 Å². The molecule has 18 heteroatoms. The molecule has 0 aliphatic heterocycles. The van der Waals surface area contributed by atoms with Gasteiger partial charge in [0.15, 0.2) is 6.10 Å². The van der Waals surface area contributed by atoms with E-state index in [1.807, 2.05) is 5.92 Å². The van der Waals surface area contributed by atoms with Crippen molar-refractivity contribution in [2.75, 3.05) is 13.2 Å². The number of rotatable bonds is 24. The van der Waals surface area contributed by atoms with E-state index in [0.717, 1.165) is 32.1 Å². The third-order valence-corrected chi connectivity index (χ3v) is 9.53. The molecule has 0 aromatic carbocycles. The molecule has 0 aromatic heterocycles. The smallest absolute Gasteiger partial charge is 0.456 e. The number of hydrogen-bond donors (Lipinski definition) is 7. The zero-order valence-corrected chi connectivity index (χ0v) is 33.9. The third kappa shape index (κ3) is 24.6. The summed E-state index contributed by atoms with van der Waals surface area (Å²) in [4.78, 5) is 53.3. The molecule has 0 heterocycles. The van der Waals surface area contributed by atoms with Gasteiger partial charge in [-0.15, -0.1) is 6.42 Å². The Morgan fingerprint density at radius 1 is 0.603 bits per heavy atom. The summed E-state index contributed by atoms with van der Waals surface area (Å²) in [5.41, 5.74) is 0. The van der Waals surface area contributed by atoms with Crippen molar-refractivity contribution in [3.63, 3.8) is 0 Å². The Morgan fingerprint density at radius 2 is 1.02 bits per heavy atom. The highest BCUT2D eigenvalue weighted by Crippen LogP contribution is 2.48. The van der Waals surface area contributed by atoms with Crippen molar-refractivity contribution < 1.29 is 76.9 Å². The Bertz CT molecular complexity index is 1820. The molecule has 0 aromatic rings. The van der Waals surface area contributed by atoms with E-state index in [9.17, 15) is 44.0 Å². The quantitative estimate of drug-likeness (QED) is 0.0241. The van der Waals surface area contributed by atoms with E-state index in [4.69, 9.17) is 34.7 Å². The molecule has 0 saturated heterocycles. The zero-order chi connectivity index (χ0) is 43.2. The monoisotopic (exact) mass is 848 g/mol. The average Bonchev–Trinajstić information content (AvgIpc) is 3.17. The number of phosphoric ester groups is 2. The average molecular weight is 849 g/mol. The van der Waals surface area contributed by atoms with E-state index in [-0.39, 0.29) is 6.42 Å². The van der Waals surface area contributed by atoms with Crippen LogP contribution in [0.5, 0.6) is 0 Å². The molecule has 16 nitrogen and oxygen atoms in total. The highest BCUT2D eigenvalue weighted by Gasteiger charge is 2.54. The lowest BCUT2D eigenvalue weighted by molar-refractivity contribution is -0.216. The number of terminal acetylenes is 1. The predicted molar refractivity (Wildman–Crippen MR) is 208 cm³/mol. The number of ether oxygens (including phenoxy) is 2. The molecule has 316 valence electrons. The Morgan fingerprint density at radius 3 is 1.47 bits per heavy atom. The van der Waals surface area contributed by atoms with Gasteiger partial charge in [0, 0.05) is 12.3 Å². The number of carbonyl (C=O) groups is 2. The van der Waals surface area contributed by atoms with Gasteiger partial charge in [-0.1, -0.05) is 84.0 Å². The molecule has 7 N–H and O–H groups in total. The lowest BCUT2D eigenvalue weighted by Crippen LogP contribution is -2.64. The molecule has 0 spiro atoms. The summed E-state index contributed by atoms with van der Waals surface area (Å²) < 4.78 is 48.2. The SMILES string of the molecule is C#CC#CC#CC#CC#CC#CC#CC(=O)OC[C@H](COP(=O)(O)OC1C(O)[C@H](O)[C@H](OP(=O)(O)O)C(O)[C@@H]1O)OC(=O)CCCCCCCCCCCCCCC. The number of unbranched alkanes of at least 4 members (excludes halogenated alkanes) is 12. The Balaban J connectivity index is 2.81. The molecule has 0 bridgehead atoms. The van der Waals surface area contributed by atoms with Crippen molar-refractivity contribution >= 4 is 27.6 Å². The molecule has 1 aliphatic rings. The maximum Gasteiger partial charge on any atom is 0.472 e. The van der Waals surface area contributed by atoms with E-state index in [1.165, 1.54) is 44.9 Å². The number of carbonyl (C=O) groups excluding carboxylic acids is 2. The summed E-state index contributed by atoms with van der Waals surface area (Å²) >= 11 is 0. The molecule has 1 saturated carbocycles. The summed E-state index contributed by atoms with van der Waals surface area (Å²) in [6.07, 6.45) is 3.85. The lowest BCUT2D eigenvalue weighted by Gasteiger charge is -2.43. The molecule has 1 rings (SSSR count). The predicted octanol–water partition coefficient (Wildman–Crippen LogP) is 2.01. The number of esters is 2. The normalized spacial score (nSPS) is 20.9. The minimum atomic E-state index is -5.35. The van der Waals surface area contributed by atoms with E-state index < -0.39 is 83.5 Å². The first-order chi connectivity index (χ1) is 27.6.